The molecule has 0 aromatic carbocycles. The lowest BCUT2D eigenvalue weighted by Gasteiger charge is -1.94. The standard InChI is InChI=1S/C12H11N5S/c1-8-6-18-11-10(8)14-7-15-12(11)17-16-5-9-3-2-4-13-9/h2-4,6-7,13H,5H2,1H3. The Hall–Kier alpha value is -2.08. The molecule has 0 unspecified atom stereocenters. The van der Waals surface area contributed by atoms with Crippen LogP contribution in [0.1, 0.15) is 11.3 Å². The van der Waals surface area contributed by atoms with E-state index in [0.29, 0.717) is 12.4 Å². The topological polar surface area (TPSA) is 66.3 Å². The molecule has 0 aliphatic heterocycles. The quantitative estimate of drug-likeness (QED) is 0.728. The number of nitrogens with zero attached hydrogens (tertiary/aromatic N) is 4. The number of nitrogens with one attached hydrogen (secondary N) is 1. The summed E-state index contributed by atoms with van der Waals surface area (Å²) in [6.45, 7) is 2.56. The number of azo groups is 1. The summed E-state index contributed by atoms with van der Waals surface area (Å²) in [5.41, 5.74) is 3.15. The van der Waals surface area contributed by atoms with Gasteiger partial charge in [-0.25, -0.2) is 9.97 Å². The van der Waals surface area contributed by atoms with Gasteiger partial charge in [0.25, 0.3) is 0 Å². The predicted molar refractivity (Wildman–Crippen MR) is 71.2 cm³/mol. The molecule has 3 aromatic rings. The van der Waals surface area contributed by atoms with E-state index < -0.39 is 0 Å². The zero-order valence-corrected chi connectivity index (χ0v) is 10.6. The molecule has 0 fully saturated rings. The minimum atomic E-state index is 0.531. The highest BCUT2D eigenvalue weighted by atomic mass is 32.1. The van der Waals surface area contributed by atoms with Crippen molar-refractivity contribution in [3.8, 4) is 0 Å². The molecular weight excluding hydrogens is 246 g/mol. The Morgan fingerprint density at radius 2 is 2.33 bits per heavy atom. The van der Waals surface area contributed by atoms with Crippen LogP contribution in [0.4, 0.5) is 5.82 Å². The van der Waals surface area contributed by atoms with E-state index in [-0.39, 0.29) is 0 Å². The van der Waals surface area contributed by atoms with Gasteiger partial charge in [-0.05, 0) is 30.0 Å². The van der Waals surface area contributed by atoms with Gasteiger partial charge in [0.15, 0.2) is 5.82 Å². The lowest BCUT2D eigenvalue weighted by atomic mass is 10.3. The SMILES string of the molecule is Cc1csc2c(N=NCc3ccc[nH]3)ncnc12. The van der Waals surface area contributed by atoms with E-state index in [2.05, 4.69) is 30.6 Å². The number of H-pyrrole nitrogens is 1. The highest BCUT2D eigenvalue weighted by Crippen LogP contribution is 2.30. The van der Waals surface area contributed by atoms with Crippen LogP contribution >= 0.6 is 11.3 Å². The summed E-state index contributed by atoms with van der Waals surface area (Å²) < 4.78 is 0.991. The molecule has 0 bridgehead atoms. The second-order valence-electron chi connectivity index (χ2n) is 3.89. The van der Waals surface area contributed by atoms with E-state index in [1.54, 1.807) is 11.3 Å². The predicted octanol–water partition coefficient (Wildman–Crippen LogP) is 3.61. The van der Waals surface area contributed by atoms with Gasteiger partial charge in [0, 0.05) is 11.9 Å². The summed E-state index contributed by atoms with van der Waals surface area (Å²) in [6, 6.07) is 3.92. The first-order valence-corrected chi connectivity index (χ1v) is 6.41. The van der Waals surface area contributed by atoms with Crippen LogP contribution in [0.25, 0.3) is 10.2 Å². The van der Waals surface area contributed by atoms with Crippen molar-refractivity contribution >= 4 is 27.4 Å². The van der Waals surface area contributed by atoms with Crippen LogP contribution in [-0.2, 0) is 6.54 Å². The molecule has 3 rings (SSSR count). The lowest BCUT2D eigenvalue weighted by molar-refractivity contribution is 0.918. The Morgan fingerprint density at radius 1 is 1.39 bits per heavy atom. The Morgan fingerprint density at radius 3 is 3.17 bits per heavy atom. The minimum Gasteiger partial charge on any atom is -0.363 e. The summed E-state index contributed by atoms with van der Waals surface area (Å²) in [7, 11) is 0. The van der Waals surface area contributed by atoms with Crippen LogP contribution < -0.4 is 0 Å². The summed E-state index contributed by atoms with van der Waals surface area (Å²) in [6.07, 6.45) is 3.40. The molecule has 3 aromatic heterocycles. The number of aromatic nitrogens is 3. The first-order chi connectivity index (χ1) is 8.84. The van der Waals surface area contributed by atoms with Gasteiger partial charge < -0.3 is 4.98 Å². The molecule has 0 radical (unpaired) electrons. The van der Waals surface area contributed by atoms with Crippen molar-refractivity contribution in [2.75, 3.05) is 0 Å². The Balaban J connectivity index is 1.88. The number of hydrogen-bond acceptors (Lipinski definition) is 5. The third-order valence-electron chi connectivity index (χ3n) is 2.58. The largest absolute Gasteiger partial charge is 0.363 e. The molecule has 0 aliphatic carbocycles. The van der Waals surface area contributed by atoms with Gasteiger partial charge in [-0.1, -0.05) is 0 Å². The molecule has 0 saturated heterocycles. The minimum absolute atomic E-state index is 0.531. The Kier molecular flexibility index (Phi) is 2.85. The molecule has 90 valence electrons. The van der Waals surface area contributed by atoms with Gasteiger partial charge in [0.05, 0.1) is 10.2 Å². The number of fused-ring (bicyclic) bond motifs is 1. The summed E-state index contributed by atoms with van der Waals surface area (Å²) in [4.78, 5) is 11.5. The van der Waals surface area contributed by atoms with E-state index in [4.69, 9.17) is 0 Å². The second-order valence-corrected chi connectivity index (χ2v) is 4.77. The molecule has 0 atom stereocenters. The number of aryl methyl sites for hydroxylation is 1. The van der Waals surface area contributed by atoms with E-state index in [1.807, 2.05) is 25.3 Å². The van der Waals surface area contributed by atoms with Crippen molar-refractivity contribution < 1.29 is 0 Å². The van der Waals surface area contributed by atoms with Gasteiger partial charge in [0.1, 0.15) is 12.9 Å². The molecule has 3 heterocycles. The van der Waals surface area contributed by atoms with Crippen molar-refractivity contribution in [2.45, 2.75) is 13.5 Å². The van der Waals surface area contributed by atoms with Crippen LogP contribution in [0.2, 0.25) is 0 Å². The van der Waals surface area contributed by atoms with E-state index in [9.17, 15) is 0 Å². The fraction of sp³-hybridized carbons (Fsp3) is 0.167. The number of rotatable bonds is 3. The highest BCUT2D eigenvalue weighted by Gasteiger charge is 2.06. The second kappa shape index (κ2) is 4.66. The maximum atomic E-state index is 4.25. The van der Waals surface area contributed by atoms with Gasteiger partial charge in [-0.3, -0.25) is 0 Å². The molecule has 5 nitrogen and oxygen atoms in total. The van der Waals surface area contributed by atoms with Crippen LogP contribution in [0.5, 0.6) is 0 Å². The fourth-order valence-corrected chi connectivity index (χ4v) is 2.60. The van der Waals surface area contributed by atoms with Crippen molar-refractivity contribution in [3.63, 3.8) is 0 Å². The first kappa shape index (κ1) is 11.0. The summed E-state index contributed by atoms with van der Waals surface area (Å²) in [5.74, 6) is 0.643. The average Bonchev–Trinajstić information content (AvgIpc) is 3.01. The van der Waals surface area contributed by atoms with Crippen LogP contribution in [0, 0.1) is 6.92 Å². The Labute approximate surface area is 108 Å². The summed E-state index contributed by atoms with van der Waals surface area (Å²) >= 11 is 1.60. The fourth-order valence-electron chi connectivity index (χ4n) is 1.67. The number of aromatic amines is 1. The van der Waals surface area contributed by atoms with Gasteiger partial charge in [-0.2, -0.15) is 5.11 Å². The van der Waals surface area contributed by atoms with E-state index in [0.717, 1.165) is 21.5 Å². The van der Waals surface area contributed by atoms with Crippen LogP contribution in [0.3, 0.4) is 0 Å². The third kappa shape index (κ3) is 2.02. The molecule has 0 aliphatic rings. The van der Waals surface area contributed by atoms with E-state index >= 15 is 0 Å². The normalized spacial score (nSPS) is 11.6. The number of thiophene rings is 1. The molecule has 0 spiro atoms. The lowest BCUT2D eigenvalue weighted by Crippen LogP contribution is -1.81. The van der Waals surface area contributed by atoms with Crippen molar-refractivity contribution in [1.82, 2.24) is 15.0 Å². The molecule has 18 heavy (non-hydrogen) atoms. The van der Waals surface area contributed by atoms with Gasteiger partial charge in [0.2, 0.25) is 0 Å². The zero-order chi connectivity index (χ0) is 12.4. The molecule has 0 amide bonds. The zero-order valence-electron chi connectivity index (χ0n) is 9.79. The molecule has 6 heteroatoms. The van der Waals surface area contributed by atoms with Crippen molar-refractivity contribution in [2.24, 2.45) is 10.2 Å². The van der Waals surface area contributed by atoms with Gasteiger partial charge >= 0.3 is 0 Å². The number of hydrogen-bond donors (Lipinski definition) is 1. The average molecular weight is 257 g/mol. The van der Waals surface area contributed by atoms with Crippen LogP contribution in [-0.4, -0.2) is 15.0 Å². The Bertz CT molecular complexity index is 684. The van der Waals surface area contributed by atoms with E-state index in [1.165, 1.54) is 6.33 Å². The molecule has 0 saturated carbocycles. The monoisotopic (exact) mass is 257 g/mol. The highest BCUT2D eigenvalue weighted by molar-refractivity contribution is 7.17. The van der Waals surface area contributed by atoms with Gasteiger partial charge in [-0.15, -0.1) is 16.5 Å². The van der Waals surface area contributed by atoms with Crippen molar-refractivity contribution in [1.29, 1.82) is 0 Å². The molecular formula is C12H11N5S. The van der Waals surface area contributed by atoms with Crippen molar-refractivity contribution in [3.05, 3.63) is 41.3 Å². The summed E-state index contributed by atoms with van der Waals surface area (Å²) in [5, 5.41) is 10.4. The maximum Gasteiger partial charge on any atom is 0.195 e. The first-order valence-electron chi connectivity index (χ1n) is 5.53. The third-order valence-corrected chi connectivity index (χ3v) is 3.66. The van der Waals surface area contributed by atoms with Crippen LogP contribution in [0.15, 0.2) is 40.3 Å². The maximum absolute atomic E-state index is 4.25. The molecule has 1 N–H and O–H groups in total. The smallest absolute Gasteiger partial charge is 0.195 e.